The predicted octanol–water partition coefficient (Wildman–Crippen LogP) is 4.40. The minimum atomic E-state index is -0.418. The lowest BCUT2D eigenvalue weighted by molar-refractivity contribution is -0.139. The lowest BCUT2D eigenvalue weighted by atomic mass is 9.75. The largest absolute Gasteiger partial charge is 0.494 e. The van der Waals surface area contributed by atoms with Gasteiger partial charge in [0.2, 0.25) is 0 Å². The number of unbranched alkanes of at least 4 members (excludes halogenated alkanes) is 1. The average Bonchev–Trinajstić information content (AvgIpc) is 2.67. The van der Waals surface area contributed by atoms with E-state index in [0.717, 1.165) is 48.4 Å². The minimum absolute atomic E-state index is 0.104. The molecule has 1 N–H and O–H groups in total. The number of esters is 1. The van der Waals surface area contributed by atoms with E-state index in [1.807, 2.05) is 38.1 Å². The number of ketones is 1. The van der Waals surface area contributed by atoms with E-state index in [0.29, 0.717) is 30.8 Å². The molecule has 28 heavy (non-hydrogen) atoms. The van der Waals surface area contributed by atoms with Crippen molar-refractivity contribution in [2.24, 2.45) is 0 Å². The second-order valence-electron chi connectivity index (χ2n) is 7.26. The summed E-state index contributed by atoms with van der Waals surface area (Å²) in [5, 5.41) is 3.32. The number of dihydropyridines is 1. The molecule has 5 nitrogen and oxygen atoms in total. The molecular weight excluding hydrogens is 354 g/mol. The molecule has 2 aliphatic rings. The number of nitrogens with one attached hydrogen (secondary N) is 1. The first kappa shape index (κ1) is 20.2. The second kappa shape index (κ2) is 9.09. The van der Waals surface area contributed by atoms with E-state index >= 15 is 0 Å². The number of hydrogen-bond acceptors (Lipinski definition) is 5. The first-order valence-electron chi connectivity index (χ1n) is 10.2. The molecule has 0 aromatic heterocycles. The summed E-state index contributed by atoms with van der Waals surface area (Å²) in [6.07, 6.45) is 3.94. The Balaban J connectivity index is 2.05. The second-order valence-corrected chi connectivity index (χ2v) is 7.26. The highest BCUT2D eigenvalue weighted by molar-refractivity contribution is 6.03. The van der Waals surface area contributed by atoms with Crippen molar-refractivity contribution in [2.45, 2.75) is 58.8 Å². The fourth-order valence-corrected chi connectivity index (χ4v) is 3.92. The van der Waals surface area contributed by atoms with Crippen LogP contribution in [-0.2, 0) is 14.3 Å². The molecule has 150 valence electrons. The molecule has 1 aromatic carbocycles. The van der Waals surface area contributed by atoms with E-state index in [1.54, 1.807) is 0 Å². The molecule has 1 aliphatic carbocycles. The van der Waals surface area contributed by atoms with Crippen LogP contribution in [-0.4, -0.2) is 25.0 Å². The van der Waals surface area contributed by atoms with E-state index in [2.05, 4.69) is 12.2 Å². The smallest absolute Gasteiger partial charge is 0.336 e. The van der Waals surface area contributed by atoms with Gasteiger partial charge >= 0.3 is 5.97 Å². The summed E-state index contributed by atoms with van der Waals surface area (Å²) in [7, 11) is 0. The van der Waals surface area contributed by atoms with Crippen molar-refractivity contribution in [2.75, 3.05) is 13.2 Å². The lowest BCUT2D eigenvalue weighted by Gasteiger charge is -2.34. The Morgan fingerprint density at radius 3 is 2.82 bits per heavy atom. The van der Waals surface area contributed by atoms with Gasteiger partial charge in [0.1, 0.15) is 5.75 Å². The van der Waals surface area contributed by atoms with E-state index in [9.17, 15) is 9.59 Å². The fraction of sp³-hybridized carbons (Fsp3) is 0.478. The zero-order chi connectivity index (χ0) is 20.1. The summed E-state index contributed by atoms with van der Waals surface area (Å²) < 4.78 is 11.2. The van der Waals surface area contributed by atoms with Gasteiger partial charge < -0.3 is 14.8 Å². The molecule has 0 bridgehead atoms. The number of rotatable bonds is 7. The Bertz CT molecular complexity index is 822. The normalized spacial score (nSPS) is 19.2. The van der Waals surface area contributed by atoms with Gasteiger partial charge in [0.15, 0.2) is 5.78 Å². The van der Waals surface area contributed by atoms with Gasteiger partial charge in [-0.05, 0) is 50.8 Å². The van der Waals surface area contributed by atoms with E-state index in [-0.39, 0.29) is 11.8 Å². The number of Topliss-reactive ketones (excluding diaryl/α,β-unsaturated/α-hetero) is 1. The molecule has 0 saturated carbocycles. The van der Waals surface area contributed by atoms with Gasteiger partial charge in [0.25, 0.3) is 0 Å². The van der Waals surface area contributed by atoms with Crippen molar-refractivity contribution >= 4 is 11.8 Å². The van der Waals surface area contributed by atoms with E-state index in [1.165, 1.54) is 0 Å². The maximum atomic E-state index is 13.0. The molecule has 1 unspecified atom stereocenters. The predicted molar refractivity (Wildman–Crippen MR) is 108 cm³/mol. The minimum Gasteiger partial charge on any atom is -0.494 e. The molecule has 3 rings (SSSR count). The average molecular weight is 383 g/mol. The molecule has 0 radical (unpaired) electrons. The lowest BCUT2D eigenvalue weighted by Crippen LogP contribution is -2.34. The first-order chi connectivity index (χ1) is 13.6. The van der Waals surface area contributed by atoms with E-state index in [4.69, 9.17) is 9.47 Å². The fourth-order valence-electron chi connectivity index (χ4n) is 3.92. The Kier molecular flexibility index (Phi) is 6.55. The van der Waals surface area contributed by atoms with E-state index < -0.39 is 5.92 Å². The third kappa shape index (κ3) is 4.13. The maximum absolute atomic E-state index is 13.0. The topological polar surface area (TPSA) is 64.6 Å². The molecule has 1 heterocycles. The quantitative estimate of drug-likeness (QED) is 0.559. The highest BCUT2D eigenvalue weighted by Crippen LogP contribution is 2.43. The molecule has 1 aliphatic heterocycles. The van der Waals surface area contributed by atoms with Gasteiger partial charge in [-0.15, -0.1) is 0 Å². The zero-order valence-corrected chi connectivity index (χ0v) is 17.0. The van der Waals surface area contributed by atoms with Gasteiger partial charge in [-0.25, -0.2) is 4.79 Å². The maximum Gasteiger partial charge on any atom is 0.336 e. The summed E-state index contributed by atoms with van der Waals surface area (Å²) >= 11 is 0. The van der Waals surface area contributed by atoms with Crippen LogP contribution in [0.3, 0.4) is 0 Å². The van der Waals surface area contributed by atoms with Gasteiger partial charge in [0, 0.05) is 29.3 Å². The zero-order valence-electron chi connectivity index (χ0n) is 17.0. The Hall–Kier alpha value is -2.56. The molecule has 0 amide bonds. The van der Waals surface area contributed by atoms with Crippen LogP contribution in [0.25, 0.3) is 0 Å². The molecule has 0 fully saturated rings. The summed E-state index contributed by atoms with van der Waals surface area (Å²) in [5.41, 5.74) is 3.82. The van der Waals surface area contributed by atoms with Gasteiger partial charge in [-0.3, -0.25) is 4.79 Å². The molecule has 0 spiro atoms. The number of carbonyl (C=O) groups excluding carboxylic acids is 2. The number of ether oxygens (including phenoxy) is 2. The van der Waals surface area contributed by atoms with Crippen molar-refractivity contribution in [3.8, 4) is 5.75 Å². The highest BCUT2D eigenvalue weighted by Gasteiger charge is 2.39. The number of allylic oxidation sites excluding steroid dienone is 3. The Morgan fingerprint density at radius 1 is 1.25 bits per heavy atom. The van der Waals surface area contributed by atoms with Gasteiger partial charge in [-0.2, -0.15) is 0 Å². The van der Waals surface area contributed by atoms with Crippen LogP contribution in [0.5, 0.6) is 5.75 Å². The first-order valence-corrected chi connectivity index (χ1v) is 10.2. The molecule has 5 heteroatoms. The standard InChI is InChI=1S/C23H29NO4/c1-4-6-13-28-23(26)20-15(3)24-18-11-8-12-19(25)22(18)21(20)16-9-7-10-17(14-16)27-5-2/h7,9-10,14,21,24H,4-6,8,11-13H2,1-3H3. The van der Waals surface area contributed by atoms with Crippen LogP contribution in [0, 0.1) is 0 Å². The molecular formula is C23H29NO4. The van der Waals surface area contributed by atoms with Gasteiger partial charge in [0.05, 0.1) is 18.8 Å². The summed E-state index contributed by atoms with van der Waals surface area (Å²) in [6.45, 7) is 6.82. The van der Waals surface area contributed by atoms with Crippen molar-refractivity contribution < 1.29 is 19.1 Å². The third-order valence-corrected chi connectivity index (χ3v) is 5.23. The van der Waals surface area contributed by atoms with Gasteiger partial charge in [-0.1, -0.05) is 25.5 Å². The molecule has 1 aromatic rings. The van der Waals surface area contributed by atoms with Crippen molar-refractivity contribution in [1.82, 2.24) is 5.32 Å². The molecule has 1 atom stereocenters. The Labute approximate surface area is 166 Å². The van der Waals surface area contributed by atoms with Crippen LogP contribution in [0.4, 0.5) is 0 Å². The van der Waals surface area contributed by atoms with Crippen molar-refractivity contribution in [3.63, 3.8) is 0 Å². The summed E-state index contributed by atoms with van der Waals surface area (Å²) in [5.74, 6) is 0.0704. The van der Waals surface area contributed by atoms with Crippen LogP contribution in [0.15, 0.2) is 46.8 Å². The number of hydrogen-bond donors (Lipinski definition) is 1. The van der Waals surface area contributed by atoms with Crippen LogP contribution in [0.2, 0.25) is 0 Å². The highest BCUT2D eigenvalue weighted by atomic mass is 16.5. The summed E-state index contributed by atoms with van der Waals surface area (Å²) in [6, 6.07) is 7.68. The van der Waals surface area contributed by atoms with Crippen molar-refractivity contribution in [1.29, 1.82) is 0 Å². The SMILES string of the molecule is CCCCOC(=O)C1=C(C)NC2=C(C(=O)CCC2)C1c1cccc(OCC)c1. The van der Waals surface area contributed by atoms with Crippen LogP contribution in [0.1, 0.15) is 64.4 Å². The van der Waals surface area contributed by atoms with Crippen LogP contribution < -0.4 is 10.1 Å². The third-order valence-electron chi connectivity index (χ3n) is 5.23. The van der Waals surface area contributed by atoms with Crippen LogP contribution >= 0.6 is 0 Å². The Morgan fingerprint density at radius 2 is 2.07 bits per heavy atom. The number of carbonyl (C=O) groups is 2. The molecule has 0 saturated heterocycles. The monoisotopic (exact) mass is 383 g/mol. The summed E-state index contributed by atoms with van der Waals surface area (Å²) in [4.78, 5) is 25.8. The number of benzene rings is 1. The van der Waals surface area contributed by atoms with Crippen molar-refractivity contribution in [3.05, 3.63) is 52.4 Å².